The number of thiophene rings is 1. The molecular weight excluding hydrogens is 409 g/mol. The van der Waals surface area contributed by atoms with Crippen molar-refractivity contribution < 1.29 is 0 Å². The van der Waals surface area contributed by atoms with Crippen LogP contribution in [-0.2, 0) is 0 Å². The molecule has 0 saturated carbocycles. The smallest absolute Gasteiger partial charge is 0.0991 e. The summed E-state index contributed by atoms with van der Waals surface area (Å²) < 4.78 is 3.63. The molecule has 3 heteroatoms. The largest absolute Gasteiger partial charge is 0.308 e. The van der Waals surface area contributed by atoms with E-state index in [4.69, 9.17) is 0 Å². The zero-order valence-corrected chi connectivity index (χ0v) is 18.0. The number of rotatable bonds is 3. The molecule has 2 heterocycles. The van der Waals surface area contributed by atoms with Crippen LogP contribution >= 0.6 is 11.3 Å². The summed E-state index contributed by atoms with van der Waals surface area (Å²) in [4.78, 5) is 0. The third kappa shape index (κ3) is 3.01. The van der Waals surface area contributed by atoms with Crippen molar-refractivity contribution >= 4 is 32.3 Å². The summed E-state index contributed by atoms with van der Waals surface area (Å²) in [7, 11) is 0. The molecule has 32 heavy (non-hydrogen) atoms. The van der Waals surface area contributed by atoms with Crippen LogP contribution in [0.4, 0.5) is 0 Å². The third-order valence-electron chi connectivity index (χ3n) is 5.90. The van der Waals surface area contributed by atoms with Crippen LogP contribution in [0.1, 0.15) is 5.56 Å². The van der Waals surface area contributed by atoms with E-state index < -0.39 is 0 Å². The van der Waals surface area contributed by atoms with Crippen LogP contribution in [0.25, 0.3) is 49.1 Å². The number of hydrogen-bond acceptors (Lipinski definition) is 2. The van der Waals surface area contributed by atoms with Crippen LogP contribution < -0.4 is 0 Å². The number of fused-ring (bicyclic) bond motifs is 2. The molecule has 0 aliphatic heterocycles. The summed E-state index contributed by atoms with van der Waals surface area (Å²) in [5, 5.41) is 13.8. The van der Waals surface area contributed by atoms with Gasteiger partial charge in [0, 0.05) is 5.39 Å². The van der Waals surface area contributed by atoms with E-state index in [1.165, 1.54) is 37.8 Å². The molecule has 0 saturated heterocycles. The lowest BCUT2D eigenvalue weighted by Crippen LogP contribution is -1.98. The number of nitriles is 1. The van der Waals surface area contributed by atoms with Gasteiger partial charge in [-0.15, -0.1) is 11.3 Å². The second-order valence-electron chi connectivity index (χ2n) is 7.81. The molecule has 0 unspecified atom stereocenters. The predicted octanol–water partition coefficient (Wildman–Crippen LogP) is 8.05. The van der Waals surface area contributed by atoms with Gasteiger partial charge in [0.15, 0.2) is 0 Å². The summed E-state index contributed by atoms with van der Waals surface area (Å²) in [6.07, 6.45) is 0. The first-order valence-corrected chi connectivity index (χ1v) is 11.4. The van der Waals surface area contributed by atoms with Crippen LogP contribution in [0.3, 0.4) is 0 Å². The number of nitrogens with zero attached hydrogens (tertiary/aromatic N) is 2. The Hall–Kier alpha value is -4.13. The Balaban J connectivity index is 1.68. The first kappa shape index (κ1) is 18.6. The quantitative estimate of drug-likeness (QED) is 0.281. The highest BCUT2D eigenvalue weighted by atomic mass is 32.1. The zero-order valence-electron chi connectivity index (χ0n) is 17.2. The van der Waals surface area contributed by atoms with Crippen molar-refractivity contribution in [1.29, 1.82) is 5.26 Å². The van der Waals surface area contributed by atoms with Gasteiger partial charge in [-0.3, -0.25) is 0 Å². The SMILES string of the molecule is N#Cc1ccc(-c2cc3ccccc3n2-c2cc(-c3ccccc3)cc3c[13cH]sc23)cc1. The van der Waals surface area contributed by atoms with Gasteiger partial charge >= 0.3 is 0 Å². The van der Waals surface area contributed by atoms with Gasteiger partial charge in [0.25, 0.3) is 0 Å². The van der Waals surface area contributed by atoms with Crippen LogP contribution in [0.15, 0.2) is 109 Å². The van der Waals surface area contributed by atoms with E-state index in [1.807, 2.05) is 24.3 Å². The van der Waals surface area contributed by atoms with Crippen molar-refractivity contribution in [1.82, 2.24) is 4.57 Å². The molecule has 0 spiro atoms. The van der Waals surface area contributed by atoms with Gasteiger partial charge in [-0.05, 0) is 69.9 Å². The lowest BCUT2D eigenvalue weighted by molar-refractivity contribution is 1.15. The summed E-state index contributed by atoms with van der Waals surface area (Å²) in [6, 6.07) is 38.1. The molecule has 0 fully saturated rings. The molecule has 0 bridgehead atoms. The maximum Gasteiger partial charge on any atom is 0.0991 e. The number of benzene rings is 4. The van der Waals surface area contributed by atoms with Gasteiger partial charge in [-0.25, -0.2) is 0 Å². The average Bonchev–Trinajstić information content (AvgIpc) is 3.49. The predicted molar refractivity (Wildman–Crippen MR) is 134 cm³/mol. The maximum absolute atomic E-state index is 9.23. The van der Waals surface area contributed by atoms with Gasteiger partial charge in [-0.2, -0.15) is 5.26 Å². The van der Waals surface area contributed by atoms with Gasteiger partial charge in [-0.1, -0.05) is 60.7 Å². The molecule has 0 N–H and O–H groups in total. The maximum atomic E-state index is 9.23. The van der Waals surface area contributed by atoms with Crippen molar-refractivity contribution in [3.63, 3.8) is 0 Å². The second kappa shape index (κ2) is 7.53. The lowest BCUT2D eigenvalue weighted by Gasteiger charge is -2.15. The lowest BCUT2D eigenvalue weighted by atomic mass is 10.0. The van der Waals surface area contributed by atoms with E-state index in [-0.39, 0.29) is 0 Å². The Morgan fingerprint density at radius 2 is 1.44 bits per heavy atom. The van der Waals surface area contributed by atoms with Crippen LogP contribution in [0.2, 0.25) is 0 Å². The topological polar surface area (TPSA) is 28.7 Å². The van der Waals surface area contributed by atoms with E-state index in [1.54, 1.807) is 11.3 Å². The van der Waals surface area contributed by atoms with Crippen molar-refractivity contribution in [2.24, 2.45) is 0 Å². The van der Waals surface area contributed by atoms with Crippen molar-refractivity contribution in [3.05, 3.63) is 114 Å². The molecule has 2 aromatic heterocycles. The Kier molecular flexibility index (Phi) is 4.38. The first-order valence-electron chi connectivity index (χ1n) is 10.5. The van der Waals surface area contributed by atoms with Crippen molar-refractivity contribution in [3.8, 4) is 34.1 Å². The van der Waals surface area contributed by atoms with Crippen LogP contribution in [0, 0.1) is 11.3 Å². The Morgan fingerprint density at radius 1 is 0.656 bits per heavy atom. The second-order valence-corrected chi connectivity index (χ2v) is 8.73. The fraction of sp³-hybridized carbons (Fsp3) is 0. The van der Waals surface area contributed by atoms with E-state index in [0.29, 0.717) is 5.56 Å². The number of aromatic nitrogens is 1. The van der Waals surface area contributed by atoms with E-state index in [2.05, 4.69) is 94.9 Å². The number of para-hydroxylation sites is 1. The molecule has 150 valence electrons. The third-order valence-corrected chi connectivity index (χ3v) is 6.85. The molecule has 2 nitrogen and oxygen atoms in total. The minimum atomic E-state index is 0.670. The first-order chi connectivity index (χ1) is 15.8. The molecule has 0 atom stereocenters. The Bertz CT molecular complexity index is 1610. The van der Waals surface area contributed by atoms with Crippen LogP contribution in [0.5, 0.6) is 0 Å². The molecule has 4 aromatic carbocycles. The van der Waals surface area contributed by atoms with E-state index >= 15 is 0 Å². The van der Waals surface area contributed by atoms with Gasteiger partial charge in [0.2, 0.25) is 0 Å². The Labute approximate surface area is 190 Å². The number of hydrogen-bond donors (Lipinski definition) is 0. The monoisotopic (exact) mass is 427 g/mol. The standard InChI is InChI=1S/C29H18N2S/c30-19-20-10-12-22(13-11-20)27-17-23-8-4-5-9-26(23)31(27)28-18-25(21-6-2-1-3-7-21)16-24-14-15-32-29(24)28/h1-18H/i15+1. The molecule has 0 aliphatic carbocycles. The highest BCUT2D eigenvalue weighted by Gasteiger charge is 2.16. The molecule has 6 aromatic rings. The van der Waals surface area contributed by atoms with Gasteiger partial charge in [0.05, 0.1) is 33.2 Å². The zero-order chi connectivity index (χ0) is 21.5. The molecule has 6 rings (SSSR count). The fourth-order valence-corrected chi connectivity index (χ4v) is 5.25. The van der Waals surface area contributed by atoms with Gasteiger partial charge < -0.3 is 4.57 Å². The molecule has 0 amide bonds. The minimum absolute atomic E-state index is 0.670. The van der Waals surface area contributed by atoms with Crippen molar-refractivity contribution in [2.75, 3.05) is 0 Å². The minimum Gasteiger partial charge on any atom is -0.308 e. The highest BCUT2D eigenvalue weighted by Crippen LogP contribution is 2.39. The summed E-state index contributed by atoms with van der Waals surface area (Å²) in [5.41, 5.74) is 7.64. The molecule has 0 aliphatic rings. The molecule has 0 radical (unpaired) electrons. The molecular formula is C29H18N2S. The van der Waals surface area contributed by atoms with E-state index in [0.717, 1.165) is 11.3 Å². The van der Waals surface area contributed by atoms with E-state index in [9.17, 15) is 5.26 Å². The Morgan fingerprint density at radius 3 is 2.25 bits per heavy atom. The average molecular weight is 428 g/mol. The van der Waals surface area contributed by atoms with Crippen LogP contribution in [-0.4, -0.2) is 4.57 Å². The summed E-state index contributed by atoms with van der Waals surface area (Å²) in [6.45, 7) is 0. The normalized spacial score (nSPS) is 11.1. The summed E-state index contributed by atoms with van der Waals surface area (Å²) >= 11 is 1.77. The van der Waals surface area contributed by atoms with Gasteiger partial charge in [0.1, 0.15) is 0 Å². The fourth-order valence-electron chi connectivity index (χ4n) is 4.37. The summed E-state index contributed by atoms with van der Waals surface area (Å²) in [5.74, 6) is 0. The highest BCUT2D eigenvalue weighted by molar-refractivity contribution is 7.17. The van der Waals surface area contributed by atoms with Crippen molar-refractivity contribution in [2.45, 2.75) is 0 Å².